The first-order valence-electron chi connectivity index (χ1n) is 5.52. The van der Waals surface area contributed by atoms with Gasteiger partial charge < -0.3 is 19.5 Å². The van der Waals surface area contributed by atoms with E-state index in [2.05, 4.69) is 15.3 Å². The molecule has 0 aliphatic heterocycles. The van der Waals surface area contributed by atoms with E-state index in [1.54, 1.807) is 20.3 Å². The summed E-state index contributed by atoms with van der Waals surface area (Å²) in [6.45, 7) is 4.15. The number of rotatable bonds is 8. The van der Waals surface area contributed by atoms with Gasteiger partial charge in [0, 0.05) is 26.8 Å². The highest BCUT2D eigenvalue weighted by Gasteiger charge is 2.04. The van der Waals surface area contributed by atoms with Crippen LogP contribution in [-0.4, -0.2) is 43.9 Å². The van der Waals surface area contributed by atoms with Crippen molar-refractivity contribution in [2.45, 2.75) is 13.5 Å². The van der Waals surface area contributed by atoms with E-state index in [-0.39, 0.29) is 0 Å². The molecule has 6 heteroatoms. The van der Waals surface area contributed by atoms with Gasteiger partial charge in [0.1, 0.15) is 12.4 Å². The Morgan fingerprint density at radius 2 is 2.06 bits per heavy atom. The molecule has 1 N–H and O–H groups in total. The van der Waals surface area contributed by atoms with E-state index in [0.717, 1.165) is 0 Å². The van der Waals surface area contributed by atoms with E-state index in [1.807, 2.05) is 6.92 Å². The van der Waals surface area contributed by atoms with Crippen LogP contribution in [0, 0.1) is 0 Å². The molecule has 0 amide bonds. The van der Waals surface area contributed by atoms with Gasteiger partial charge in [-0.05, 0) is 6.92 Å². The Balaban J connectivity index is 2.72. The molecule has 0 saturated carbocycles. The van der Waals surface area contributed by atoms with E-state index in [9.17, 15) is 0 Å². The van der Waals surface area contributed by atoms with Crippen molar-refractivity contribution in [3.05, 3.63) is 11.9 Å². The maximum absolute atomic E-state index is 5.36. The molecule has 0 spiro atoms. The molecular weight excluding hydrogens is 222 g/mol. The molecule has 0 aliphatic rings. The van der Waals surface area contributed by atoms with Crippen LogP contribution in [0.15, 0.2) is 6.07 Å². The van der Waals surface area contributed by atoms with Crippen LogP contribution >= 0.6 is 0 Å². The van der Waals surface area contributed by atoms with Crippen molar-refractivity contribution in [1.29, 1.82) is 0 Å². The first kappa shape index (κ1) is 13.7. The van der Waals surface area contributed by atoms with Crippen LogP contribution in [-0.2, 0) is 16.1 Å². The van der Waals surface area contributed by atoms with Crippen LogP contribution < -0.4 is 10.1 Å². The largest absolute Gasteiger partial charge is 0.478 e. The Morgan fingerprint density at radius 1 is 1.24 bits per heavy atom. The number of methoxy groups -OCH3 is 2. The number of nitrogens with one attached hydrogen (secondary N) is 1. The maximum Gasteiger partial charge on any atom is 0.218 e. The van der Waals surface area contributed by atoms with Crippen LogP contribution in [0.1, 0.15) is 12.7 Å². The quantitative estimate of drug-likeness (QED) is 0.687. The minimum absolute atomic E-state index is 0.361. The van der Waals surface area contributed by atoms with Gasteiger partial charge in [0.05, 0.1) is 13.2 Å². The molecule has 0 aromatic carbocycles. The predicted molar refractivity (Wildman–Crippen MR) is 64.3 cm³/mol. The van der Waals surface area contributed by atoms with Crippen LogP contribution in [0.25, 0.3) is 0 Å². The van der Waals surface area contributed by atoms with Crippen molar-refractivity contribution in [2.24, 2.45) is 0 Å². The van der Waals surface area contributed by atoms with Gasteiger partial charge in [-0.15, -0.1) is 0 Å². The fraction of sp³-hybridized carbons (Fsp3) is 0.636. The first-order chi connectivity index (χ1) is 8.30. The highest BCUT2D eigenvalue weighted by molar-refractivity contribution is 5.38. The van der Waals surface area contributed by atoms with Crippen molar-refractivity contribution in [3.63, 3.8) is 0 Å². The van der Waals surface area contributed by atoms with E-state index in [1.165, 1.54) is 0 Å². The molecule has 1 aromatic rings. The fourth-order valence-electron chi connectivity index (χ4n) is 1.26. The summed E-state index contributed by atoms with van der Waals surface area (Å²) in [4.78, 5) is 8.51. The zero-order chi connectivity index (χ0) is 12.5. The number of hydrogen-bond donors (Lipinski definition) is 1. The molecule has 0 radical (unpaired) electrons. The molecule has 1 rings (SSSR count). The minimum Gasteiger partial charge on any atom is -0.478 e. The van der Waals surface area contributed by atoms with E-state index < -0.39 is 0 Å². The summed E-state index contributed by atoms with van der Waals surface area (Å²) < 4.78 is 15.3. The molecule has 1 heterocycles. The summed E-state index contributed by atoms with van der Waals surface area (Å²) in [6, 6.07) is 1.76. The Bertz CT molecular complexity index is 309. The highest BCUT2D eigenvalue weighted by atomic mass is 16.5. The van der Waals surface area contributed by atoms with Crippen molar-refractivity contribution < 1.29 is 14.2 Å². The molecule has 6 nitrogen and oxygen atoms in total. The third-order valence-electron chi connectivity index (χ3n) is 1.93. The number of aromatic nitrogens is 2. The summed E-state index contributed by atoms with van der Waals surface area (Å²) in [5, 5.41) is 3.13. The van der Waals surface area contributed by atoms with Gasteiger partial charge in [-0.25, -0.2) is 4.98 Å². The van der Waals surface area contributed by atoms with Crippen LogP contribution in [0.3, 0.4) is 0 Å². The lowest BCUT2D eigenvalue weighted by atomic mass is 10.5. The monoisotopic (exact) mass is 241 g/mol. The lowest BCUT2D eigenvalue weighted by Crippen LogP contribution is -2.11. The Kier molecular flexibility index (Phi) is 6.27. The standard InChI is InChI=1S/C11H19N3O3/c1-4-17-11-7-9(12-5-6-15-2)13-10(14-11)8-16-3/h7H,4-6,8H2,1-3H3,(H,12,13,14). The van der Waals surface area contributed by atoms with Crippen molar-refractivity contribution in [3.8, 4) is 5.88 Å². The normalized spacial score (nSPS) is 10.3. The van der Waals surface area contributed by atoms with E-state index >= 15 is 0 Å². The Hall–Kier alpha value is -1.40. The lowest BCUT2D eigenvalue weighted by molar-refractivity contribution is 0.176. The van der Waals surface area contributed by atoms with E-state index in [0.29, 0.717) is 43.9 Å². The number of ether oxygens (including phenoxy) is 3. The zero-order valence-electron chi connectivity index (χ0n) is 10.5. The predicted octanol–water partition coefficient (Wildman–Crippen LogP) is 1.08. The van der Waals surface area contributed by atoms with Crippen molar-refractivity contribution >= 4 is 5.82 Å². The third kappa shape index (κ3) is 4.97. The molecule has 0 bridgehead atoms. The zero-order valence-corrected chi connectivity index (χ0v) is 10.5. The fourth-order valence-corrected chi connectivity index (χ4v) is 1.26. The number of anilines is 1. The topological polar surface area (TPSA) is 65.5 Å². The Labute approximate surface area is 101 Å². The van der Waals surface area contributed by atoms with Crippen LogP contribution in [0.5, 0.6) is 5.88 Å². The molecule has 0 saturated heterocycles. The summed E-state index contributed by atoms with van der Waals surface area (Å²) in [6.07, 6.45) is 0. The smallest absolute Gasteiger partial charge is 0.218 e. The molecule has 96 valence electrons. The number of hydrogen-bond acceptors (Lipinski definition) is 6. The van der Waals surface area contributed by atoms with Crippen LogP contribution in [0.4, 0.5) is 5.82 Å². The number of nitrogens with zero attached hydrogens (tertiary/aromatic N) is 2. The lowest BCUT2D eigenvalue weighted by Gasteiger charge is -2.09. The minimum atomic E-state index is 0.361. The van der Waals surface area contributed by atoms with Gasteiger partial charge in [-0.1, -0.05) is 0 Å². The Morgan fingerprint density at radius 3 is 2.71 bits per heavy atom. The summed E-state index contributed by atoms with van der Waals surface area (Å²) in [5.74, 6) is 1.86. The van der Waals surface area contributed by atoms with Crippen LogP contribution in [0.2, 0.25) is 0 Å². The molecular formula is C11H19N3O3. The summed E-state index contributed by atoms with van der Waals surface area (Å²) >= 11 is 0. The molecule has 0 fully saturated rings. The maximum atomic E-state index is 5.36. The molecule has 17 heavy (non-hydrogen) atoms. The second-order valence-corrected chi connectivity index (χ2v) is 3.29. The van der Waals surface area contributed by atoms with E-state index in [4.69, 9.17) is 14.2 Å². The highest BCUT2D eigenvalue weighted by Crippen LogP contribution is 2.13. The molecule has 0 aliphatic carbocycles. The van der Waals surface area contributed by atoms with Gasteiger partial charge in [0.15, 0.2) is 5.82 Å². The van der Waals surface area contributed by atoms with Gasteiger partial charge >= 0.3 is 0 Å². The second kappa shape index (κ2) is 7.81. The third-order valence-corrected chi connectivity index (χ3v) is 1.93. The molecule has 0 atom stereocenters. The van der Waals surface area contributed by atoms with Gasteiger partial charge in [-0.2, -0.15) is 4.98 Å². The van der Waals surface area contributed by atoms with Gasteiger partial charge in [-0.3, -0.25) is 0 Å². The average Bonchev–Trinajstić information content (AvgIpc) is 2.30. The molecule has 0 unspecified atom stereocenters. The van der Waals surface area contributed by atoms with Crippen molar-refractivity contribution in [2.75, 3.05) is 39.3 Å². The van der Waals surface area contributed by atoms with Gasteiger partial charge in [0.2, 0.25) is 5.88 Å². The van der Waals surface area contributed by atoms with Gasteiger partial charge in [0.25, 0.3) is 0 Å². The summed E-state index contributed by atoms with van der Waals surface area (Å²) in [7, 11) is 3.26. The average molecular weight is 241 g/mol. The SMILES string of the molecule is CCOc1cc(NCCOC)nc(COC)n1. The molecule has 1 aromatic heterocycles. The first-order valence-corrected chi connectivity index (χ1v) is 5.52. The van der Waals surface area contributed by atoms with Crippen molar-refractivity contribution in [1.82, 2.24) is 9.97 Å². The summed E-state index contributed by atoms with van der Waals surface area (Å²) in [5.41, 5.74) is 0. The second-order valence-electron chi connectivity index (χ2n) is 3.29.